The molecule has 0 unspecified atom stereocenters. The van der Waals surface area contributed by atoms with E-state index in [0.29, 0.717) is 18.3 Å². The highest BCUT2D eigenvalue weighted by Crippen LogP contribution is 2.35. The minimum atomic E-state index is -0.420. The molecule has 0 saturated heterocycles. The Bertz CT molecular complexity index is 447. The van der Waals surface area contributed by atoms with Crippen molar-refractivity contribution in [3.05, 3.63) is 16.4 Å². The minimum absolute atomic E-state index is 0.0394. The molecule has 18 heavy (non-hydrogen) atoms. The molecule has 98 valence electrons. The number of rotatable bonds is 6. The molecule has 1 aromatic heterocycles. The summed E-state index contributed by atoms with van der Waals surface area (Å²) in [6.45, 7) is 3.52. The Kier molecular flexibility index (Phi) is 3.59. The van der Waals surface area contributed by atoms with E-state index in [0.717, 1.165) is 6.54 Å². The molecule has 0 aromatic carbocycles. The predicted molar refractivity (Wildman–Crippen MR) is 68.8 cm³/mol. The first-order chi connectivity index (χ1) is 8.67. The molecule has 1 saturated carbocycles. The van der Waals surface area contributed by atoms with Gasteiger partial charge >= 0.3 is 5.69 Å². The van der Waals surface area contributed by atoms with E-state index >= 15 is 0 Å². The Balaban J connectivity index is 2.36. The van der Waals surface area contributed by atoms with Crippen molar-refractivity contribution in [1.82, 2.24) is 9.97 Å². The summed E-state index contributed by atoms with van der Waals surface area (Å²) < 4.78 is 0. The van der Waals surface area contributed by atoms with E-state index in [-0.39, 0.29) is 11.5 Å². The Morgan fingerprint density at radius 2 is 2.28 bits per heavy atom. The van der Waals surface area contributed by atoms with Crippen LogP contribution in [0.5, 0.6) is 0 Å². The molecule has 1 aliphatic rings. The molecule has 2 rings (SSSR count). The van der Waals surface area contributed by atoms with Crippen LogP contribution in [0.2, 0.25) is 0 Å². The zero-order valence-corrected chi connectivity index (χ0v) is 10.6. The molecule has 1 N–H and O–H groups in total. The average molecular weight is 251 g/mol. The molecular formula is C11H17N5O2. The van der Waals surface area contributed by atoms with E-state index in [1.54, 1.807) is 7.05 Å². The zero-order valence-electron chi connectivity index (χ0n) is 10.6. The van der Waals surface area contributed by atoms with Gasteiger partial charge in [-0.2, -0.15) is 0 Å². The zero-order chi connectivity index (χ0) is 13.1. The van der Waals surface area contributed by atoms with Crippen molar-refractivity contribution in [3.8, 4) is 0 Å². The van der Waals surface area contributed by atoms with Crippen LogP contribution in [0.25, 0.3) is 0 Å². The summed E-state index contributed by atoms with van der Waals surface area (Å²) in [6, 6.07) is 0. The van der Waals surface area contributed by atoms with Crippen LogP contribution in [0.1, 0.15) is 19.8 Å². The maximum absolute atomic E-state index is 11.2. The van der Waals surface area contributed by atoms with Crippen LogP contribution >= 0.6 is 0 Å². The van der Waals surface area contributed by atoms with Gasteiger partial charge in [-0.15, -0.1) is 0 Å². The van der Waals surface area contributed by atoms with Crippen molar-refractivity contribution in [3.63, 3.8) is 0 Å². The fraction of sp³-hybridized carbons (Fsp3) is 0.636. The molecule has 1 aliphatic carbocycles. The van der Waals surface area contributed by atoms with Gasteiger partial charge < -0.3 is 10.2 Å². The second-order valence-electron chi connectivity index (χ2n) is 4.38. The number of nitro groups is 1. The molecule has 0 radical (unpaired) electrons. The van der Waals surface area contributed by atoms with Crippen LogP contribution in [0, 0.1) is 16.0 Å². The predicted octanol–water partition coefficient (Wildman–Crippen LogP) is 1.66. The van der Waals surface area contributed by atoms with Crippen molar-refractivity contribution in [2.75, 3.05) is 30.4 Å². The monoisotopic (exact) mass is 251 g/mol. The fourth-order valence-corrected chi connectivity index (χ4v) is 1.93. The van der Waals surface area contributed by atoms with Gasteiger partial charge in [-0.1, -0.05) is 0 Å². The van der Waals surface area contributed by atoms with Crippen LogP contribution in [0.15, 0.2) is 6.33 Å². The molecular weight excluding hydrogens is 234 g/mol. The van der Waals surface area contributed by atoms with Crippen molar-refractivity contribution >= 4 is 17.3 Å². The molecule has 0 spiro atoms. The summed E-state index contributed by atoms with van der Waals surface area (Å²) in [5.74, 6) is 1.32. The lowest BCUT2D eigenvalue weighted by Gasteiger charge is -2.21. The summed E-state index contributed by atoms with van der Waals surface area (Å²) in [4.78, 5) is 20.7. The first kappa shape index (κ1) is 12.5. The molecule has 0 bridgehead atoms. The largest absolute Gasteiger partial charge is 0.367 e. The highest BCUT2D eigenvalue weighted by atomic mass is 16.6. The molecule has 7 nitrogen and oxygen atoms in total. The third kappa shape index (κ3) is 2.49. The Labute approximate surface area is 105 Å². The third-order valence-corrected chi connectivity index (χ3v) is 3.08. The molecule has 1 fully saturated rings. The van der Waals surface area contributed by atoms with Crippen molar-refractivity contribution in [2.24, 2.45) is 5.92 Å². The molecule has 0 aliphatic heterocycles. The summed E-state index contributed by atoms with van der Waals surface area (Å²) >= 11 is 0. The Morgan fingerprint density at radius 1 is 1.56 bits per heavy atom. The van der Waals surface area contributed by atoms with Gasteiger partial charge in [-0.05, 0) is 25.7 Å². The van der Waals surface area contributed by atoms with Crippen LogP contribution in [-0.4, -0.2) is 35.0 Å². The van der Waals surface area contributed by atoms with E-state index in [4.69, 9.17) is 0 Å². The Morgan fingerprint density at radius 3 is 2.78 bits per heavy atom. The van der Waals surface area contributed by atoms with E-state index in [1.807, 2.05) is 11.8 Å². The van der Waals surface area contributed by atoms with Crippen molar-refractivity contribution in [2.45, 2.75) is 19.8 Å². The van der Waals surface area contributed by atoms with Gasteiger partial charge in [0.15, 0.2) is 0 Å². The maximum Gasteiger partial charge on any atom is 0.353 e. The van der Waals surface area contributed by atoms with Crippen molar-refractivity contribution < 1.29 is 4.92 Å². The van der Waals surface area contributed by atoms with Gasteiger partial charge in [0, 0.05) is 20.1 Å². The molecule has 1 aromatic rings. The van der Waals surface area contributed by atoms with E-state index in [2.05, 4.69) is 15.3 Å². The van der Waals surface area contributed by atoms with E-state index in [1.165, 1.54) is 19.2 Å². The normalized spacial score (nSPS) is 14.3. The highest BCUT2D eigenvalue weighted by molar-refractivity contribution is 5.70. The summed E-state index contributed by atoms with van der Waals surface area (Å²) in [6.07, 6.45) is 3.77. The minimum Gasteiger partial charge on any atom is -0.367 e. The Hall–Kier alpha value is -1.92. The number of anilines is 2. The fourth-order valence-electron chi connectivity index (χ4n) is 1.93. The number of hydrogen-bond donors (Lipinski definition) is 1. The number of aromatic nitrogens is 2. The van der Waals surface area contributed by atoms with Crippen molar-refractivity contribution in [1.29, 1.82) is 0 Å². The smallest absolute Gasteiger partial charge is 0.353 e. The number of hydrogen-bond acceptors (Lipinski definition) is 6. The lowest BCUT2D eigenvalue weighted by molar-refractivity contribution is -0.383. The first-order valence-electron chi connectivity index (χ1n) is 6.09. The second-order valence-corrected chi connectivity index (χ2v) is 4.38. The van der Waals surface area contributed by atoms with Crippen LogP contribution < -0.4 is 10.2 Å². The van der Waals surface area contributed by atoms with E-state index in [9.17, 15) is 10.1 Å². The topological polar surface area (TPSA) is 84.2 Å². The summed E-state index contributed by atoms with van der Waals surface area (Å²) in [7, 11) is 1.62. The lowest BCUT2D eigenvalue weighted by Crippen LogP contribution is -2.27. The van der Waals surface area contributed by atoms with Gasteiger partial charge in [-0.3, -0.25) is 10.1 Å². The van der Waals surface area contributed by atoms with Gasteiger partial charge in [0.2, 0.25) is 11.6 Å². The van der Waals surface area contributed by atoms with Gasteiger partial charge in [0.25, 0.3) is 0 Å². The average Bonchev–Trinajstić information content (AvgIpc) is 3.18. The molecule has 1 heterocycles. The SMILES string of the molecule is CCN(CC1CC1)c1ncnc(NC)c1[N+](=O)[O-]. The van der Waals surface area contributed by atoms with Crippen LogP contribution in [0.4, 0.5) is 17.3 Å². The number of nitrogens with zero attached hydrogens (tertiary/aromatic N) is 4. The summed E-state index contributed by atoms with van der Waals surface area (Å²) in [5, 5.41) is 13.9. The second kappa shape index (κ2) is 5.16. The van der Waals surface area contributed by atoms with Crippen LogP contribution in [0.3, 0.4) is 0 Å². The third-order valence-electron chi connectivity index (χ3n) is 3.08. The van der Waals surface area contributed by atoms with E-state index < -0.39 is 4.92 Å². The molecule has 7 heteroatoms. The quantitative estimate of drug-likeness (QED) is 0.611. The molecule has 0 amide bonds. The van der Waals surface area contributed by atoms with Gasteiger partial charge in [0.1, 0.15) is 6.33 Å². The van der Waals surface area contributed by atoms with Crippen LogP contribution in [-0.2, 0) is 0 Å². The number of nitrogens with one attached hydrogen (secondary N) is 1. The standard InChI is InChI=1S/C11H17N5O2/c1-3-15(6-8-4-5-8)11-9(16(17)18)10(12-2)13-7-14-11/h7-8H,3-6H2,1-2H3,(H,12,13,14). The molecule has 0 atom stereocenters. The maximum atomic E-state index is 11.2. The summed E-state index contributed by atoms with van der Waals surface area (Å²) in [5.41, 5.74) is -0.0394. The lowest BCUT2D eigenvalue weighted by atomic mass is 10.3. The van der Waals surface area contributed by atoms with Gasteiger partial charge in [0.05, 0.1) is 4.92 Å². The first-order valence-corrected chi connectivity index (χ1v) is 6.09. The highest BCUT2D eigenvalue weighted by Gasteiger charge is 2.30. The van der Waals surface area contributed by atoms with Gasteiger partial charge in [-0.25, -0.2) is 9.97 Å².